The number of anilines is 1. The fourth-order valence-corrected chi connectivity index (χ4v) is 0.797. The standard InChI is InChI=1S/C8H8FNO2/c1-12-10-8-3-2-6(5-11)4-7(8)9/h2-5,10H,1H3. The van der Waals surface area contributed by atoms with Crippen LogP contribution < -0.4 is 5.48 Å². The Balaban J connectivity index is 2.94. The average Bonchev–Trinajstić information content (AvgIpc) is 2.09. The van der Waals surface area contributed by atoms with Crippen molar-refractivity contribution in [2.75, 3.05) is 12.6 Å². The first kappa shape index (κ1) is 8.67. The molecule has 0 bridgehead atoms. The zero-order valence-corrected chi connectivity index (χ0v) is 6.50. The summed E-state index contributed by atoms with van der Waals surface area (Å²) in [5.74, 6) is -0.513. The topological polar surface area (TPSA) is 38.3 Å². The zero-order chi connectivity index (χ0) is 8.97. The summed E-state index contributed by atoms with van der Waals surface area (Å²) in [7, 11) is 1.38. The fourth-order valence-electron chi connectivity index (χ4n) is 0.797. The van der Waals surface area contributed by atoms with Gasteiger partial charge in [-0.05, 0) is 18.2 Å². The molecule has 4 heteroatoms. The quantitative estimate of drug-likeness (QED) is 0.551. The Morgan fingerprint density at radius 1 is 1.58 bits per heavy atom. The Kier molecular flexibility index (Phi) is 2.76. The Morgan fingerprint density at radius 3 is 2.83 bits per heavy atom. The minimum Gasteiger partial charge on any atom is -0.298 e. The highest BCUT2D eigenvalue weighted by Crippen LogP contribution is 2.14. The number of hydrogen-bond donors (Lipinski definition) is 1. The molecule has 0 amide bonds. The third-order valence-corrected chi connectivity index (χ3v) is 1.34. The minimum atomic E-state index is -0.513. The highest BCUT2D eigenvalue weighted by atomic mass is 19.1. The van der Waals surface area contributed by atoms with Gasteiger partial charge in [0.05, 0.1) is 12.8 Å². The molecule has 0 aromatic heterocycles. The summed E-state index contributed by atoms with van der Waals surface area (Å²) in [5, 5.41) is 0. The van der Waals surface area contributed by atoms with Gasteiger partial charge in [-0.1, -0.05) is 0 Å². The Morgan fingerprint density at radius 2 is 2.33 bits per heavy atom. The van der Waals surface area contributed by atoms with Crippen LogP contribution in [0.5, 0.6) is 0 Å². The normalized spacial score (nSPS) is 9.50. The van der Waals surface area contributed by atoms with E-state index < -0.39 is 5.82 Å². The second kappa shape index (κ2) is 3.82. The van der Waals surface area contributed by atoms with E-state index in [9.17, 15) is 9.18 Å². The molecule has 1 aromatic rings. The second-order valence-electron chi connectivity index (χ2n) is 2.16. The van der Waals surface area contributed by atoms with Gasteiger partial charge in [0, 0.05) is 5.56 Å². The summed E-state index contributed by atoms with van der Waals surface area (Å²) < 4.78 is 12.9. The van der Waals surface area contributed by atoms with Gasteiger partial charge in [0.2, 0.25) is 0 Å². The van der Waals surface area contributed by atoms with Gasteiger partial charge in [0.1, 0.15) is 12.1 Å². The van der Waals surface area contributed by atoms with E-state index in [2.05, 4.69) is 10.3 Å². The summed E-state index contributed by atoms with van der Waals surface area (Å²) in [6, 6.07) is 4.06. The van der Waals surface area contributed by atoms with Crippen LogP contribution in [0.2, 0.25) is 0 Å². The fraction of sp³-hybridized carbons (Fsp3) is 0.125. The molecule has 0 unspecified atom stereocenters. The predicted octanol–water partition coefficient (Wildman–Crippen LogP) is 1.61. The van der Waals surface area contributed by atoms with Crippen molar-refractivity contribution in [2.24, 2.45) is 0 Å². The van der Waals surface area contributed by atoms with Gasteiger partial charge in [-0.3, -0.25) is 15.1 Å². The van der Waals surface area contributed by atoms with E-state index >= 15 is 0 Å². The first-order chi connectivity index (χ1) is 5.77. The molecule has 0 aliphatic carbocycles. The minimum absolute atomic E-state index is 0.211. The summed E-state index contributed by atoms with van der Waals surface area (Å²) in [6.45, 7) is 0. The molecule has 12 heavy (non-hydrogen) atoms. The van der Waals surface area contributed by atoms with E-state index in [1.807, 2.05) is 0 Å². The molecule has 0 saturated carbocycles. The molecule has 1 aromatic carbocycles. The number of hydrogen-bond acceptors (Lipinski definition) is 3. The van der Waals surface area contributed by atoms with Crippen molar-refractivity contribution in [2.45, 2.75) is 0 Å². The van der Waals surface area contributed by atoms with Gasteiger partial charge in [-0.2, -0.15) is 0 Å². The number of carbonyl (C=O) groups excluding carboxylic acids is 1. The van der Waals surface area contributed by atoms with E-state index in [0.29, 0.717) is 11.8 Å². The Bertz CT molecular complexity index is 288. The molecule has 0 heterocycles. The Labute approximate surface area is 69.1 Å². The zero-order valence-electron chi connectivity index (χ0n) is 6.50. The molecule has 0 saturated heterocycles. The van der Waals surface area contributed by atoms with Gasteiger partial charge >= 0.3 is 0 Å². The lowest BCUT2D eigenvalue weighted by atomic mass is 10.2. The number of benzene rings is 1. The van der Waals surface area contributed by atoms with Gasteiger partial charge in [-0.15, -0.1) is 0 Å². The summed E-state index contributed by atoms with van der Waals surface area (Å²) >= 11 is 0. The highest BCUT2D eigenvalue weighted by molar-refractivity contribution is 5.75. The molecule has 1 rings (SSSR count). The number of rotatable bonds is 3. The molecule has 1 N–H and O–H groups in total. The van der Waals surface area contributed by atoms with Crippen molar-refractivity contribution < 1.29 is 14.0 Å². The third kappa shape index (κ3) is 1.79. The number of carbonyl (C=O) groups is 1. The molecular formula is C8H8FNO2. The lowest BCUT2D eigenvalue weighted by molar-refractivity contribution is 0.112. The van der Waals surface area contributed by atoms with E-state index in [-0.39, 0.29) is 5.69 Å². The van der Waals surface area contributed by atoms with Gasteiger partial charge in [0.15, 0.2) is 0 Å². The lowest BCUT2D eigenvalue weighted by Gasteiger charge is -2.03. The highest BCUT2D eigenvalue weighted by Gasteiger charge is 2.01. The van der Waals surface area contributed by atoms with Crippen LogP contribution in [0.1, 0.15) is 10.4 Å². The first-order valence-corrected chi connectivity index (χ1v) is 3.31. The van der Waals surface area contributed by atoms with Gasteiger partial charge < -0.3 is 0 Å². The monoisotopic (exact) mass is 169 g/mol. The van der Waals surface area contributed by atoms with Gasteiger partial charge in [0.25, 0.3) is 0 Å². The largest absolute Gasteiger partial charge is 0.298 e. The molecule has 0 atom stereocenters. The van der Waals surface area contributed by atoms with E-state index in [1.54, 1.807) is 0 Å². The predicted molar refractivity (Wildman–Crippen MR) is 42.4 cm³/mol. The van der Waals surface area contributed by atoms with Crippen LogP contribution in [0.15, 0.2) is 18.2 Å². The van der Waals surface area contributed by atoms with Crippen molar-refractivity contribution in [1.82, 2.24) is 0 Å². The van der Waals surface area contributed by atoms with Crippen LogP contribution in [0.3, 0.4) is 0 Å². The van der Waals surface area contributed by atoms with Crippen molar-refractivity contribution in [3.05, 3.63) is 29.6 Å². The maximum Gasteiger partial charge on any atom is 0.150 e. The van der Waals surface area contributed by atoms with E-state index in [0.717, 1.165) is 6.07 Å². The Hall–Kier alpha value is -1.42. The van der Waals surface area contributed by atoms with Crippen LogP contribution in [0, 0.1) is 5.82 Å². The summed E-state index contributed by atoms with van der Waals surface area (Å²) in [5.41, 5.74) is 2.85. The molecule has 0 fully saturated rings. The first-order valence-electron chi connectivity index (χ1n) is 3.31. The van der Waals surface area contributed by atoms with Crippen LogP contribution in [0.25, 0.3) is 0 Å². The van der Waals surface area contributed by atoms with Crippen LogP contribution >= 0.6 is 0 Å². The van der Waals surface area contributed by atoms with Gasteiger partial charge in [-0.25, -0.2) is 4.39 Å². The van der Waals surface area contributed by atoms with Crippen LogP contribution in [-0.2, 0) is 4.84 Å². The molecule has 0 spiro atoms. The molecule has 0 aliphatic heterocycles. The van der Waals surface area contributed by atoms with E-state index in [1.165, 1.54) is 19.2 Å². The molecular weight excluding hydrogens is 161 g/mol. The SMILES string of the molecule is CONc1ccc(C=O)cc1F. The molecule has 0 aliphatic rings. The maximum absolute atomic E-state index is 12.9. The molecule has 0 radical (unpaired) electrons. The third-order valence-electron chi connectivity index (χ3n) is 1.34. The number of halogens is 1. The van der Waals surface area contributed by atoms with Crippen LogP contribution in [0.4, 0.5) is 10.1 Å². The second-order valence-corrected chi connectivity index (χ2v) is 2.16. The van der Waals surface area contributed by atoms with Crippen molar-refractivity contribution >= 4 is 12.0 Å². The molecule has 3 nitrogen and oxygen atoms in total. The van der Waals surface area contributed by atoms with Crippen LogP contribution in [-0.4, -0.2) is 13.4 Å². The summed E-state index contributed by atoms with van der Waals surface area (Å²) in [6.07, 6.45) is 0.583. The van der Waals surface area contributed by atoms with Crippen molar-refractivity contribution in [3.8, 4) is 0 Å². The number of nitrogens with one attached hydrogen (secondary N) is 1. The number of aldehydes is 1. The maximum atomic E-state index is 12.9. The van der Waals surface area contributed by atoms with Crippen molar-refractivity contribution in [1.29, 1.82) is 0 Å². The molecule has 64 valence electrons. The summed E-state index contributed by atoms with van der Waals surface area (Å²) in [4.78, 5) is 14.7. The average molecular weight is 169 g/mol. The van der Waals surface area contributed by atoms with E-state index in [4.69, 9.17) is 0 Å². The lowest BCUT2D eigenvalue weighted by Crippen LogP contribution is -1.98. The smallest absolute Gasteiger partial charge is 0.150 e. The van der Waals surface area contributed by atoms with Crippen molar-refractivity contribution in [3.63, 3.8) is 0 Å².